The van der Waals surface area contributed by atoms with Crippen LogP contribution in [0.4, 0.5) is 0 Å². The van der Waals surface area contributed by atoms with Crippen LogP contribution in [0.2, 0.25) is 0 Å². The third-order valence-corrected chi connectivity index (χ3v) is 3.81. The standard InChI is InChI=1S/C14H15N7/c1-9-11(8-17-18-9)13-19-20-14-12(16-5-6-21(13)14)10-3-2-4-15-7-10/h2-4,7-8,12,16H,5-6H2,1H3,(H,17,18). The monoisotopic (exact) mass is 281 g/mol. The van der Waals surface area contributed by atoms with Gasteiger partial charge in [-0.2, -0.15) is 5.10 Å². The van der Waals surface area contributed by atoms with Gasteiger partial charge in [0.1, 0.15) is 0 Å². The Morgan fingerprint density at radius 1 is 1.29 bits per heavy atom. The molecule has 21 heavy (non-hydrogen) atoms. The molecule has 0 spiro atoms. The molecule has 3 aromatic heterocycles. The minimum atomic E-state index is 0.0286. The molecule has 0 saturated carbocycles. The largest absolute Gasteiger partial charge is 0.308 e. The lowest BCUT2D eigenvalue weighted by molar-refractivity contribution is 0.457. The van der Waals surface area contributed by atoms with Gasteiger partial charge in [-0.25, -0.2) is 0 Å². The Labute approximate surface area is 121 Å². The second-order valence-electron chi connectivity index (χ2n) is 5.12. The van der Waals surface area contributed by atoms with Gasteiger partial charge in [0.2, 0.25) is 0 Å². The SMILES string of the molecule is Cc1[nH]ncc1-c1nnc2n1CCNC2c1cccnc1. The minimum absolute atomic E-state index is 0.0286. The van der Waals surface area contributed by atoms with Crippen LogP contribution in [0.3, 0.4) is 0 Å². The number of hydrogen-bond acceptors (Lipinski definition) is 5. The molecule has 7 nitrogen and oxygen atoms in total. The number of rotatable bonds is 2. The van der Waals surface area contributed by atoms with Crippen molar-refractivity contribution in [2.45, 2.75) is 19.5 Å². The molecule has 0 aliphatic carbocycles. The summed E-state index contributed by atoms with van der Waals surface area (Å²) >= 11 is 0. The van der Waals surface area contributed by atoms with Gasteiger partial charge in [-0.15, -0.1) is 10.2 Å². The summed E-state index contributed by atoms with van der Waals surface area (Å²) in [6.07, 6.45) is 5.44. The first kappa shape index (κ1) is 12.2. The van der Waals surface area contributed by atoms with Crippen LogP contribution in [-0.2, 0) is 6.54 Å². The zero-order valence-corrected chi connectivity index (χ0v) is 11.6. The fourth-order valence-electron chi connectivity index (χ4n) is 2.75. The highest BCUT2D eigenvalue weighted by Gasteiger charge is 2.27. The average Bonchev–Trinajstić information content (AvgIpc) is 3.13. The summed E-state index contributed by atoms with van der Waals surface area (Å²) in [5, 5.41) is 19.3. The molecule has 1 aliphatic rings. The number of fused-ring (bicyclic) bond motifs is 1. The summed E-state index contributed by atoms with van der Waals surface area (Å²) in [5.41, 5.74) is 3.10. The van der Waals surface area contributed by atoms with Crippen molar-refractivity contribution in [3.63, 3.8) is 0 Å². The Bertz CT molecular complexity index is 759. The van der Waals surface area contributed by atoms with Crippen LogP contribution in [0.15, 0.2) is 30.7 Å². The van der Waals surface area contributed by atoms with Gasteiger partial charge < -0.3 is 9.88 Å². The molecule has 0 saturated heterocycles. The molecule has 106 valence electrons. The van der Waals surface area contributed by atoms with Gasteiger partial charge in [-0.1, -0.05) is 6.07 Å². The molecule has 0 radical (unpaired) electrons. The maximum Gasteiger partial charge on any atom is 0.167 e. The molecule has 0 fully saturated rings. The van der Waals surface area contributed by atoms with E-state index < -0.39 is 0 Å². The topological polar surface area (TPSA) is 84.3 Å². The van der Waals surface area contributed by atoms with E-state index in [9.17, 15) is 0 Å². The van der Waals surface area contributed by atoms with Crippen molar-refractivity contribution in [3.05, 3.63) is 47.8 Å². The Morgan fingerprint density at radius 2 is 2.24 bits per heavy atom. The molecule has 4 heterocycles. The number of pyridine rings is 1. The van der Waals surface area contributed by atoms with Crippen LogP contribution in [-0.4, -0.2) is 36.5 Å². The highest BCUT2D eigenvalue weighted by atomic mass is 15.3. The molecule has 3 aromatic rings. The molecule has 4 rings (SSSR count). The van der Waals surface area contributed by atoms with E-state index in [0.29, 0.717) is 0 Å². The quantitative estimate of drug-likeness (QED) is 0.734. The summed E-state index contributed by atoms with van der Waals surface area (Å²) in [6.45, 7) is 3.71. The number of nitrogens with one attached hydrogen (secondary N) is 2. The second kappa shape index (κ2) is 4.78. The molecule has 7 heteroatoms. The number of H-pyrrole nitrogens is 1. The number of aryl methyl sites for hydroxylation is 1. The van der Waals surface area contributed by atoms with Crippen molar-refractivity contribution in [3.8, 4) is 11.4 Å². The molecule has 2 N–H and O–H groups in total. The molecule has 1 aliphatic heterocycles. The van der Waals surface area contributed by atoms with Crippen LogP contribution < -0.4 is 5.32 Å². The number of nitrogens with zero attached hydrogens (tertiary/aromatic N) is 5. The Balaban J connectivity index is 1.81. The maximum atomic E-state index is 4.39. The lowest BCUT2D eigenvalue weighted by Gasteiger charge is -2.25. The molecular weight excluding hydrogens is 266 g/mol. The molecule has 1 atom stereocenters. The summed E-state index contributed by atoms with van der Waals surface area (Å²) < 4.78 is 2.16. The zero-order valence-electron chi connectivity index (χ0n) is 11.6. The minimum Gasteiger partial charge on any atom is -0.308 e. The number of aromatic nitrogens is 6. The van der Waals surface area contributed by atoms with Gasteiger partial charge in [0.25, 0.3) is 0 Å². The van der Waals surface area contributed by atoms with Gasteiger partial charge in [0.05, 0.1) is 17.8 Å². The van der Waals surface area contributed by atoms with E-state index in [-0.39, 0.29) is 6.04 Å². The highest BCUT2D eigenvalue weighted by molar-refractivity contribution is 5.57. The first-order valence-electron chi connectivity index (χ1n) is 6.91. The lowest BCUT2D eigenvalue weighted by atomic mass is 10.1. The average molecular weight is 281 g/mol. The van der Waals surface area contributed by atoms with Gasteiger partial charge in [0, 0.05) is 31.2 Å². The second-order valence-corrected chi connectivity index (χ2v) is 5.12. The van der Waals surface area contributed by atoms with Crippen molar-refractivity contribution in [2.24, 2.45) is 0 Å². The summed E-state index contributed by atoms with van der Waals surface area (Å²) in [5.74, 6) is 1.79. The first-order chi connectivity index (χ1) is 10.3. The van der Waals surface area contributed by atoms with Crippen molar-refractivity contribution in [2.75, 3.05) is 6.54 Å². The van der Waals surface area contributed by atoms with Gasteiger partial charge in [-0.3, -0.25) is 10.1 Å². The van der Waals surface area contributed by atoms with E-state index in [1.54, 1.807) is 12.4 Å². The zero-order chi connectivity index (χ0) is 14.2. The highest BCUT2D eigenvalue weighted by Crippen LogP contribution is 2.28. The van der Waals surface area contributed by atoms with Crippen LogP contribution in [0, 0.1) is 6.92 Å². The van der Waals surface area contributed by atoms with E-state index >= 15 is 0 Å². The van der Waals surface area contributed by atoms with Crippen LogP contribution in [0.25, 0.3) is 11.4 Å². The molecule has 1 unspecified atom stereocenters. The molecular formula is C14H15N7. The van der Waals surface area contributed by atoms with Crippen molar-refractivity contribution in [1.29, 1.82) is 0 Å². The van der Waals surface area contributed by atoms with Crippen molar-refractivity contribution in [1.82, 2.24) is 35.3 Å². The van der Waals surface area contributed by atoms with Gasteiger partial charge in [-0.05, 0) is 18.6 Å². The van der Waals surface area contributed by atoms with E-state index in [2.05, 4.69) is 41.3 Å². The van der Waals surface area contributed by atoms with E-state index in [0.717, 1.165) is 41.6 Å². The van der Waals surface area contributed by atoms with E-state index in [1.165, 1.54) is 0 Å². The third kappa shape index (κ3) is 1.93. The summed E-state index contributed by atoms with van der Waals surface area (Å²) in [7, 11) is 0. The van der Waals surface area contributed by atoms with Crippen molar-refractivity contribution < 1.29 is 0 Å². The van der Waals surface area contributed by atoms with E-state index in [1.807, 2.05) is 19.2 Å². The normalized spacial score (nSPS) is 17.7. The predicted molar refractivity (Wildman–Crippen MR) is 76.4 cm³/mol. The molecule has 0 aromatic carbocycles. The maximum absolute atomic E-state index is 4.39. The van der Waals surface area contributed by atoms with Crippen LogP contribution in [0.5, 0.6) is 0 Å². The van der Waals surface area contributed by atoms with Gasteiger partial charge >= 0.3 is 0 Å². The Morgan fingerprint density at radius 3 is 3.00 bits per heavy atom. The van der Waals surface area contributed by atoms with Crippen molar-refractivity contribution >= 4 is 0 Å². The first-order valence-corrected chi connectivity index (χ1v) is 6.91. The van der Waals surface area contributed by atoms with Gasteiger partial charge in [0.15, 0.2) is 11.6 Å². The summed E-state index contributed by atoms with van der Waals surface area (Å²) in [6, 6.07) is 4.02. The van der Waals surface area contributed by atoms with Crippen LogP contribution >= 0.6 is 0 Å². The smallest absolute Gasteiger partial charge is 0.167 e. The van der Waals surface area contributed by atoms with Crippen LogP contribution in [0.1, 0.15) is 23.1 Å². The number of hydrogen-bond donors (Lipinski definition) is 2. The van der Waals surface area contributed by atoms with E-state index in [4.69, 9.17) is 0 Å². The third-order valence-electron chi connectivity index (χ3n) is 3.81. The lowest BCUT2D eigenvalue weighted by Crippen LogP contribution is -2.34. The summed E-state index contributed by atoms with van der Waals surface area (Å²) in [4.78, 5) is 4.19. The molecule has 0 bridgehead atoms. The fourth-order valence-corrected chi connectivity index (χ4v) is 2.75. The Hall–Kier alpha value is -2.54. The Kier molecular flexibility index (Phi) is 2.78. The molecule has 0 amide bonds. The predicted octanol–water partition coefficient (Wildman–Crippen LogP) is 1.06. The number of aromatic amines is 1. The fraction of sp³-hybridized carbons (Fsp3) is 0.286.